The molecular weight excluding hydrogens is 157 g/mol. The molecule has 0 amide bonds. The zero-order valence-corrected chi connectivity index (χ0v) is 6.00. The van der Waals surface area contributed by atoms with Crippen LogP contribution in [0.15, 0.2) is 12.1 Å². The molecule has 0 unspecified atom stereocenters. The van der Waals surface area contributed by atoms with Crippen LogP contribution in [0.4, 0.5) is 10.1 Å². The molecule has 2 N–H and O–H groups in total. The summed E-state index contributed by atoms with van der Waals surface area (Å²) in [7, 11) is 0. The van der Waals surface area contributed by atoms with Crippen LogP contribution >= 0.6 is 0 Å². The van der Waals surface area contributed by atoms with Crippen molar-refractivity contribution in [2.75, 3.05) is 5.73 Å². The van der Waals surface area contributed by atoms with Gasteiger partial charge in [-0.15, -0.1) is 0 Å². The maximum Gasteiger partial charge on any atom is 0.126 e. The Bertz CT molecular complexity index is 398. The van der Waals surface area contributed by atoms with Gasteiger partial charge >= 0.3 is 0 Å². The fraction of sp³-hybridized carbons (Fsp3) is 0. The van der Waals surface area contributed by atoms with E-state index in [0.717, 1.165) is 12.1 Å². The summed E-state index contributed by atoms with van der Waals surface area (Å²) < 4.78 is 12.6. The largest absolute Gasteiger partial charge is 0.398 e. The zero-order valence-electron chi connectivity index (χ0n) is 6.00. The van der Waals surface area contributed by atoms with Crippen molar-refractivity contribution >= 4 is 5.69 Å². The highest BCUT2D eigenvalue weighted by Crippen LogP contribution is 2.17. The third kappa shape index (κ3) is 1.18. The van der Waals surface area contributed by atoms with E-state index in [2.05, 4.69) is 0 Å². The summed E-state index contributed by atoms with van der Waals surface area (Å²) in [6.07, 6.45) is 0. The molecule has 0 aliphatic heterocycles. The standard InChI is InChI=1S/C8H4FN3/c9-6-1-5(3-10)7(4-11)8(12)2-6/h1-2H,12H2. The lowest BCUT2D eigenvalue weighted by Gasteiger charge is -1.98. The number of nitriles is 2. The van der Waals surface area contributed by atoms with E-state index < -0.39 is 5.82 Å². The summed E-state index contributed by atoms with van der Waals surface area (Å²) in [5.41, 5.74) is 5.28. The molecule has 0 spiro atoms. The lowest BCUT2D eigenvalue weighted by molar-refractivity contribution is 0.628. The molecule has 58 valence electrons. The molecule has 0 radical (unpaired) electrons. The zero-order chi connectivity index (χ0) is 9.14. The van der Waals surface area contributed by atoms with Crippen molar-refractivity contribution in [3.63, 3.8) is 0 Å². The van der Waals surface area contributed by atoms with Gasteiger partial charge in [-0.1, -0.05) is 0 Å². The summed E-state index contributed by atoms with van der Waals surface area (Å²) in [4.78, 5) is 0. The van der Waals surface area contributed by atoms with E-state index >= 15 is 0 Å². The average molecular weight is 161 g/mol. The van der Waals surface area contributed by atoms with E-state index in [9.17, 15) is 4.39 Å². The van der Waals surface area contributed by atoms with Gasteiger partial charge in [0.15, 0.2) is 0 Å². The van der Waals surface area contributed by atoms with Gasteiger partial charge in [-0.05, 0) is 12.1 Å². The van der Waals surface area contributed by atoms with Gasteiger partial charge in [0.25, 0.3) is 0 Å². The molecule has 1 aromatic rings. The van der Waals surface area contributed by atoms with Gasteiger partial charge in [-0.3, -0.25) is 0 Å². The van der Waals surface area contributed by atoms with Crippen molar-refractivity contribution < 1.29 is 4.39 Å². The molecular formula is C8H4FN3. The van der Waals surface area contributed by atoms with Crippen molar-refractivity contribution in [3.8, 4) is 12.1 Å². The molecule has 0 aromatic heterocycles. The van der Waals surface area contributed by atoms with Crippen LogP contribution in [-0.4, -0.2) is 0 Å². The van der Waals surface area contributed by atoms with Crippen LogP contribution in [0.25, 0.3) is 0 Å². The second kappa shape index (κ2) is 2.89. The maximum absolute atomic E-state index is 12.6. The molecule has 0 saturated heterocycles. The molecule has 1 aromatic carbocycles. The highest BCUT2D eigenvalue weighted by molar-refractivity contribution is 5.61. The lowest BCUT2D eigenvalue weighted by Crippen LogP contribution is -1.95. The van der Waals surface area contributed by atoms with Gasteiger partial charge in [-0.2, -0.15) is 10.5 Å². The number of halogens is 1. The fourth-order valence-corrected chi connectivity index (χ4v) is 0.841. The van der Waals surface area contributed by atoms with E-state index in [1.807, 2.05) is 0 Å². The van der Waals surface area contributed by atoms with E-state index in [0.29, 0.717) is 0 Å². The number of nitrogens with two attached hydrogens (primary N) is 1. The third-order valence-corrected chi connectivity index (χ3v) is 1.37. The first-order valence-corrected chi connectivity index (χ1v) is 3.08. The third-order valence-electron chi connectivity index (χ3n) is 1.37. The first kappa shape index (κ1) is 8.03. The molecule has 0 aliphatic carbocycles. The van der Waals surface area contributed by atoms with Crippen molar-refractivity contribution in [1.82, 2.24) is 0 Å². The molecule has 0 saturated carbocycles. The Balaban J connectivity index is 3.50. The van der Waals surface area contributed by atoms with Gasteiger partial charge in [0.2, 0.25) is 0 Å². The summed E-state index contributed by atoms with van der Waals surface area (Å²) in [6, 6.07) is 5.41. The lowest BCUT2D eigenvalue weighted by atomic mass is 10.1. The number of hydrogen-bond acceptors (Lipinski definition) is 3. The summed E-state index contributed by atoms with van der Waals surface area (Å²) in [5, 5.41) is 17.0. The van der Waals surface area contributed by atoms with Crippen LogP contribution in [0.3, 0.4) is 0 Å². The van der Waals surface area contributed by atoms with Gasteiger partial charge in [0.1, 0.15) is 18.0 Å². The second-order valence-corrected chi connectivity index (χ2v) is 2.14. The topological polar surface area (TPSA) is 73.6 Å². The molecule has 12 heavy (non-hydrogen) atoms. The minimum Gasteiger partial charge on any atom is -0.398 e. The maximum atomic E-state index is 12.6. The molecule has 3 nitrogen and oxygen atoms in total. The normalized spacial score (nSPS) is 8.58. The predicted molar refractivity (Wildman–Crippen MR) is 40.2 cm³/mol. The Labute approximate surface area is 68.5 Å². The van der Waals surface area contributed by atoms with Crippen molar-refractivity contribution in [1.29, 1.82) is 10.5 Å². The highest BCUT2D eigenvalue weighted by atomic mass is 19.1. The Morgan fingerprint density at radius 3 is 2.42 bits per heavy atom. The first-order valence-electron chi connectivity index (χ1n) is 3.08. The number of rotatable bonds is 0. The van der Waals surface area contributed by atoms with Crippen LogP contribution < -0.4 is 5.73 Å². The van der Waals surface area contributed by atoms with E-state index in [1.165, 1.54) is 0 Å². The van der Waals surface area contributed by atoms with Crippen molar-refractivity contribution in [2.24, 2.45) is 0 Å². The van der Waals surface area contributed by atoms with Crippen molar-refractivity contribution in [3.05, 3.63) is 29.1 Å². The molecule has 0 aliphatic rings. The molecule has 0 fully saturated rings. The summed E-state index contributed by atoms with van der Waals surface area (Å²) in [6.45, 7) is 0. The molecule has 0 bridgehead atoms. The SMILES string of the molecule is N#Cc1cc(F)cc(N)c1C#N. The Hall–Kier alpha value is -2.07. The van der Waals surface area contributed by atoms with Crippen LogP contribution in [0, 0.1) is 28.5 Å². The van der Waals surface area contributed by atoms with Gasteiger partial charge in [0.05, 0.1) is 16.8 Å². The molecule has 1 rings (SSSR count). The van der Waals surface area contributed by atoms with Crippen LogP contribution in [0.1, 0.15) is 11.1 Å². The number of nitrogens with zero attached hydrogens (tertiary/aromatic N) is 2. The van der Waals surface area contributed by atoms with E-state index in [-0.39, 0.29) is 16.8 Å². The highest BCUT2D eigenvalue weighted by Gasteiger charge is 2.07. The van der Waals surface area contributed by atoms with Gasteiger partial charge in [0, 0.05) is 0 Å². The van der Waals surface area contributed by atoms with Crippen molar-refractivity contribution in [2.45, 2.75) is 0 Å². The van der Waals surface area contributed by atoms with Crippen LogP contribution in [0.5, 0.6) is 0 Å². The number of hydrogen-bond donors (Lipinski definition) is 1. The monoisotopic (exact) mass is 161 g/mol. The number of nitrogen functional groups attached to an aromatic ring is 1. The number of benzene rings is 1. The Morgan fingerprint density at radius 2 is 1.92 bits per heavy atom. The predicted octanol–water partition coefficient (Wildman–Crippen LogP) is 1.15. The fourth-order valence-electron chi connectivity index (χ4n) is 0.841. The Kier molecular flexibility index (Phi) is 1.94. The van der Waals surface area contributed by atoms with Gasteiger partial charge in [-0.25, -0.2) is 4.39 Å². The molecule has 4 heteroatoms. The van der Waals surface area contributed by atoms with Crippen LogP contribution in [0.2, 0.25) is 0 Å². The minimum atomic E-state index is -0.608. The average Bonchev–Trinajstić information content (AvgIpc) is 2.03. The van der Waals surface area contributed by atoms with E-state index in [4.69, 9.17) is 16.3 Å². The summed E-state index contributed by atoms with van der Waals surface area (Å²) >= 11 is 0. The van der Waals surface area contributed by atoms with Crippen LogP contribution in [-0.2, 0) is 0 Å². The van der Waals surface area contributed by atoms with Gasteiger partial charge < -0.3 is 5.73 Å². The van der Waals surface area contributed by atoms with E-state index in [1.54, 1.807) is 12.1 Å². The first-order chi connectivity index (χ1) is 5.69. The minimum absolute atomic E-state index is 0.00551. The second-order valence-electron chi connectivity index (χ2n) is 2.14. The number of anilines is 1. The molecule has 0 atom stereocenters. The Morgan fingerprint density at radius 1 is 1.25 bits per heavy atom. The smallest absolute Gasteiger partial charge is 0.126 e. The summed E-state index contributed by atoms with van der Waals surface area (Å²) in [5.74, 6) is -0.608. The molecule has 0 heterocycles. The quantitative estimate of drug-likeness (QED) is 0.580.